The maximum atomic E-state index is 14.5. The molecule has 1 amide bonds. The van der Waals surface area contributed by atoms with Crippen molar-refractivity contribution in [2.45, 2.75) is 45.6 Å². The van der Waals surface area contributed by atoms with Crippen molar-refractivity contribution in [1.82, 2.24) is 4.98 Å². The van der Waals surface area contributed by atoms with Crippen molar-refractivity contribution in [3.63, 3.8) is 0 Å². The Hall–Kier alpha value is -3.41. The number of unbranched alkanes of at least 4 members (excludes halogenated alkanes) is 3. The zero-order valence-corrected chi connectivity index (χ0v) is 17.7. The number of pyridine rings is 1. The Kier molecular flexibility index (Phi) is 7.98. The highest BCUT2D eigenvalue weighted by atomic mass is 19.1. The third-order valence-electron chi connectivity index (χ3n) is 5.03. The number of halogens is 1. The molecule has 0 bridgehead atoms. The Labute approximate surface area is 182 Å². The fraction of sp³-hybridized carbons (Fsp3) is 0.280. The number of ether oxygens (including phenoxy) is 1. The van der Waals surface area contributed by atoms with E-state index >= 15 is 0 Å². The minimum absolute atomic E-state index is 0.255. The summed E-state index contributed by atoms with van der Waals surface area (Å²) < 4.78 is 20.4. The average Bonchev–Trinajstić information content (AvgIpc) is 2.77. The summed E-state index contributed by atoms with van der Waals surface area (Å²) in [5.74, 6) is 0.145. The van der Waals surface area contributed by atoms with Crippen LogP contribution in [0.3, 0.4) is 0 Å². The first-order valence-electron chi connectivity index (χ1n) is 10.6. The lowest BCUT2D eigenvalue weighted by molar-refractivity contribution is 0.1000. The predicted molar refractivity (Wildman–Crippen MR) is 121 cm³/mol. The number of carbonyl (C=O) groups is 1. The van der Waals surface area contributed by atoms with Crippen LogP contribution in [0.1, 0.15) is 54.1 Å². The van der Waals surface area contributed by atoms with Gasteiger partial charge < -0.3 is 15.8 Å². The molecular weight excluding hydrogens is 393 g/mol. The summed E-state index contributed by atoms with van der Waals surface area (Å²) in [6.07, 6.45) is 6.94. The van der Waals surface area contributed by atoms with E-state index in [0.717, 1.165) is 24.0 Å². The van der Waals surface area contributed by atoms with E-state index in [-0.39, 0.29) is 5.82 Å². The van der Waals surface area contributed by atoms with Crippen LogP contribution >= 0.6 is 0 Å². The third-order valence-corrected chi connectivity index (χ3v) is 5.03. The van der Waals surface area contributed by atoms with Gasteiger partial charge in [-0.05, 0) is 42.7 Å². The van der Waals surface area contributed by atoms with Gasteiger partial charge in [0, 0.05) is 24.4 Å². The van der Waals surface area contributed by atoms with E-state index in [4.69, 9.17) is 10.5 Å². The largest absolute Gasteiger partial charge is 0.439 e. The van der Waals surface area contributed by atoms with Gasteiger partial charge in [0.1, 0.15) is 11.6 Å². The molecule has 2 aromatic carbocycles. The minimum atomic E-state index is -0.544. The molecule has 0 unspecified atom stereocenters. The van der Waals surface area contributed by atoms with Crippen molar-refractivity contribution in [2.24, 2.45) is 5.73 Å². The third kappa shape index (κ3) is 6.54. The smallest absolute Gasteiger partial charge is 0.250 e. The topological polar surface area (TPSA) is 77.2 Å². The van der Waals surface area contributed by atoms with Crippen LogP contribution < -0.4 is 15.8 Å². The van der Waals surface area contributed by atoms with E-state index in [9.17, 15) is 9.18 Å². The second-order valence-corrected chi connectivity index (χ2v) is 7.44. The van der Waals surface area contributed by atoms with Crippen LogP contribution in [0.4, 0.5) is 10.1 Å². The SMILES string of the molecule is CCCCCCc1ccc(NCc2ccccc2Oc2ccc(C(N)=O)cn2)c(F)c1. The molecule has 0 aliphatic carbocycles. The summed E-state index contributed by atoms with van der Waals surface area (Å²) in [6, 6.07) is 16.0. The molecule has 0 fully saturated rings. The first kappa shape index (κ1) is 22.3. The molecule has 0 atom stereocenters. The first-order chi connectivity index (χ1) is 15.1. The number of aryl methyl sites for hydroxylation is 1. The van der Waals surface area contributed by atoms with Gasteiger partial charge in [-0.15, -0.1) is 0 Å². The number of anilines is 1. The standard InChI is InChI=1S/C25H28FN3O2/c1-2-3-4-5-8-18-11-13-22(21(26)15-18)28-16-19-9-6-7-10-23(19)31-24-14-12-20(17-29-24)25(27)30/h6-7,9-15,17,28H,2-5,8,16H2,1H3,(H2,27,30). The van der Waals surface area contributed by atoms with Crippen molar-refractivity contribution in [3.8, 4) is 11.6 Å². The van der Waals surface area contributed by atoms with E-state index in [2.05, 4.69) is 17.2 Å². The van der Waals surface area contributed by atoms with Gasteiger partial charge in [-0.25, -0.2) is 9.37 Å². The van der Waals surface area contributed by atoms with Crippen LogP contribution in [0.25, 0.3) is 0 Å². The van der Waals surface area contributed by atoms with E-state index in [0.29, 0.717) is 29.4 Å². The van der Waals surface area contributed by atoms with Gasteiger partial charge in [-0.3, -0.25) is 4.79 Å². The molecule has 0 radical (unpaired) electrons. The van der Waals surface area contributed by atoms with Crippen LogP contribution in [0, 0.1) is 5.82 Å². The second kappa shape index (κ2) is 11.1. The average molecular weight is 422 g/mol. The molecule has 3 aromatic rings. The Morgan fingerprint density at radius 2 is 1.94 bits per heavy atom. The van der Waals surface area contributed by atoms with Crippen LogP contribution in [-0.2, 0) is 13.0 Å². The molecule has 0 saturated heterocycles. The van der Waals surface area contributed by atoms with Gasteiger partial charge in [0.05, 0.1) is 11.3 Å². The zero-order valence-electron chi connectivity index (χ0n) is 17.7. The number of benzene rings is 2. The number of rotatable bonds is 11. The molecular formula is C25H28FN3O2. The van der Waals surface area contributed by atoms with Gasteiger partial charge in [0.15, 0.2) is 0 Å². The van der Waals surface area contributed by atoms with Crippen LogP contribution in [-0.4, -0.2) is 10.9 Å². The van der Waals surface area contributed by atoms with Gasteiger partial charge in [0.25, 0.3) is 0 Å². The van der Waals surface area contributed by atoms with E-state index in [1.54, 1.807) is 24.3 Å². The predicted octanol–water partition coefficient (Wildman–Crippen LogP) is 5.85. The molecule has 1 heterocycles. The molecule has 162 valence electrons. The lowest BCUT2D eigenvalue weighted by Gasteiger charge is -2.13. The van der Waals surface area contributed by atoms with Crippen molar-refractivity contribution >= 4 is 11.6 Å². The van der Waals surface area contributed by atoms with E-state index in [1.165, 1.54) is 25.5 Å². The highest BCUT2D eigenvalue weighted by Gasteiger charge is 2.09. The number of nitrogens with one attached hydrogen (secondary N) is 1. The molecule has 3 rings (SSSR count). The summed E-state index contributed by atoms with van der Waals surface area (Å²) in [4.78, 5) is 15.3. The van der Waals surface area contributed by atoms with Crippen molar-refractivity contribution in [3.05, 3.63) is 83.3 Å². The molecule has 0 aliphatic heterocycles. The van der Waals surface area contributed by atoms with Crippen LogP contribution in [0.5, 0.6) is 11.6 Å². The fourth-order valence-corrected chi connectivity index (χ4v) is 3.25. The lowest BCUT2D eigenvalue weighted by Crippen LogP contribution is -2.11. The maximum absolute atomic E-state index is 14.5. The highest BCUT2D eigenvalue weighted by molar-refractivity contribution is 5.92. The van der Waals surface area contributed by atoms with Crippen LogP contribution in [0.15, 0.2) is 60.8 Å². The van der Waals surface area contributed by atoms with Gasteiger partial charge in [-0.2, -0.15) is 0 Å². The molecule has 31 heavy (non-hydrogen) atoms. The van der Waals surface area contributed by atoms with Crippen molar-refractivity contribution < 1.29 is 13.9 Å². The number of nitrogens with two attached hydrogens (primary N) is 1. The molecule has 0 saturated carbocycles. The Bertz CT molecular complexity index is 1010. The summed E-state index contributed by atoms with van der Waals surface area (Å²) in [5.41, 5.74) is 7.88. The Morgan fingerprint density at radius 1 is 1.10 bits per heavy atom. The maximum Gasteiger partial charge on any atom is 0.250 e. The first-order valence-corrected chi connectivity index (χ1v) is 10.6. The lowest BCUT2D eigenvalue weighted by atomic mass is 10.1. The monoisotopic (exact) mass is 421 g/mol. The number of carbonyl (C=O) groups excluding carboxylic acids is 1. The molecule has 3 N–H and O–H groups in total. The van der Waals surface area contributed by atoms with Crippen molar-refractivity contribution in [1.29, 1.82) is 0 Å². The molecule has 1 aromatic heterocycles. The number of hydrogen-bond acceptors (Lipinski definition) is 4. The number of aromatic nitrogens is 1. The van der Waals surface area contributed by atoms with Gasteiger partial charge in [-0.1, -0.05) is 50.5 Å². The number of primary amides is 1. The molecule has 5 nitrogen and oxygen atoms in total. The Morgan fingerprint density at radius 3 is 2.65 bits per heavy atom. The molecule has 0 spiro atoms. The summed E-state index contributed by atoms with van der Waals surface area (Å²) >= 11 is 0. The molecule has 0 aliphatic rings. The van der Waals surface area contributed by atoms with Gasteiger partial charge in [0.2, 0.25) is 11.8 Å². The normalized spacial score (nSPS) is 10.6. The summed E-state index contributed by atoms with van der Waals surface area (Å²) in [6.45, 7) is 2.57. The summed E-state index contributed by atoms with van der Waals surface area (Å²) in [7, 11) is 0. The zero-order chi connectivity index (χ0) is 22.1. The number of amides is 1. The summed E-state index contributed by atoms with van der Waals surface area (Å²) in [5, 5.41) is 3.15. The van der Waals surface area contributed by atoms with Crippen LogP contribution in [0.2, 0.25) is 0 Å². The van der Waals surface area contributed by atoms with E-state index < -0.39 is 5.91 Å². The molecule has 6 heteroatoms. The van der Waals surface area contributed by atoms with E-state index in [1.807, 2.05) is 30.3 Å². The number of nitrogens with zero attached hydrogens (tertiary/aromatic N) is 1. The number of para-hydroxylation sites is 1. The quantitative estimate of drug-likeness (QED) is 0.381. The number of hydrogen-bond donors (Lipinski definition) is 2. The fourth-order valence-electron chi connectivity index (χ4n) is 3.25. The highest BCUT2D eigenvalue weighted by Crippen LogP contribution is 2.26. The minimum Gasteiger partial charge on any atom is -0.439 e. The Balaban J connectivity index is 1.62. The second-order valence-electron chi connectivity index (χ2n) is 7.44. The van der Waals surface area contributed by atoms with Crippen molar-refractivity contribution in [2.75, 3.05) is 5.32 Å². The van der Waals surface area contributed by atoms with Gasteiger partial charge >= 0.3 is 0 Å².